The fourth-order valence-corrected chi connectivity index (χ4v) is 9.04. The molecular weight excluding hydrogens is 971 g/mol. The number of ether oxygens (including phenoxy) is 11. The van der Waals surface area contributed by atoms with Crippen LogP contribution in [0.5, 0.6) is 0 Å². The molecule has 0 saturated carbocycles. The molecule has 75 heavy (non-hydrogen) atoms. The van der Waals surface area contributed by atoms with Gasteiger partial charge in [0.2, 0.25) is 0 Å². The van der Waals surface area contributed by atoms with E-state index in [1.54, 1.807) is 103 Å². The minimum atomic E-state index is -1.90. The van der Waals surface area contributed by atoms with Gasteiger partial charge in [-0.1, -0.05) is 129 Å². The maximum atomic E-state index is 14.6. The summed E-state index contributed by atoms with van der Waals surface area (Å²) in [4.78, 5) is 80.3. The summed E-state index contributed by atoms with van der Waals surface area (Å²) in [6, 6.07) is 30.2. The Bertz CT molecular complexity index is 2570. The molecule has 3 aliphatic heterocycles. The van der Waals surface area contributed by atoms with E-state index in [4.69, 9.17) is 53.5 Å². The minimum Gasteiger partial charge on any atom is -0.469 e. The van der Waals surface area contributed by atoms with Crippen molar-refractivity contribution in [2.24, 2.45) is 0 Å². The molecule has 2 fully saturated rings. The van der Waals surface area contributed by atoms with Crippen LogP contribution in [0.2, 0.25) is 0 Å². The Kier molecular flexibility index (Phi) is 19.8. The molecule has 0 radical (unpaired) electrons. The lowest BCUT2D eigenvalue weighted by Crippen LogP contribution is -2.70. The summed E-state index contributed by atoms with van der Waals surface area (Å²) in [7, 11) is 1.35. The van der Waals surface area contributed by atoms with Crippen molar-refractivity contribution in [3.05, 3.63) is 143 Å². The number of fused-ring (bicyclic) bond motifs is 1. The van der Waals surface area contributed by atoms with Crippen LogP contribution in [0.25, 0.3) is 0 Å². The number of nitrogens with zero attached hydrogens (tertiary/aromatic N) is 1. The van der Waals surface area contributed by atoms with Gasteiger partial charge in [0.15, 0.2) is 24.8 Å². The predicted molar refractivity (Wildman–Crippen MR) is 267 cm³/mol. The molecule has 7 rings (SSSR count). The van der Waals surface area contributed by atoms with Crippen molar-refractivity contribution in [3.63, 3.8) is 0 Å². The van der Waals surface area contributed by atoms with E-state index in [1.807, 2.05) is 0 Å². The molecule has 18 heteroatoms. The summed E-state index contributed by atoms with van der Waals surface area (Å²) in [5, 5.41) is 0. The number of benzene rings is 4. The van der Waals surface area contributed by atoms with Crippen molar-refractivity contribution in [1.82, 2.24) is 4.90 Å². The number of rotatable bonds is 27. The van der Waals surface area contributed by atoms with Gasteiger partial charge in [-0.3, -0.25) is 33.7 Å². The molecule has 0 N–H and O–H groups in total. The molecule has 402 valence electrons. The number of esters is 4. The van der Waals surface area contributed by atoms with E-state index in [0.717, 1.165) is 44.9 Å². The smallest absolute Gasteiger partial charge is 0.305 e. The molecule has 4 unspecified atom stereocenters. The van der Waals surface area contributed by atoms with Crippen LogP contribution in [0.4, 0.5) is 0 Å². The first-order chi connectivity index (χ1) is 37.6. The van der Waals surface area contributed by atoms with Crippen molar-refractivity contribution < 1.29 is 85.0 Å². The summed E-state index contributed by atoms with van der Waals surface area (Å²) in [6.45, 7) is -1.74. The molecule has 4 aromatic carbocycles. The fraction of sp³-hybridized carbons (Fsp3) is 0.474. The zero-order valence-electron chi connectivity index (χ0n) is 45.4. The van der Waals surface area contributed by atoms with E-state index in [1.165, 1.54) is 19.2 Å². The number of unbranched alkanes of at least 4 members (excludes halogenated alkanes) is 5. The molecule has 0 spiro atoms. The van der Waals surface area contributed by atoms with Crippen molar-refractivity contribution in [3.8, 4) is 0 Å². The molecule has 3 heterocycles. The number of hydrogen-bond acceptors (Lipinski definition) is 17. The molecule has 4 aromatic rings. The van der Waals surface area contributed by atoms with Crippen LogP contribution < -0.4 is 0 Å². The monoisotopic (exact) mass is 1040 g/mol. The second-order valence-electron chi connectivity index (χ2n) is 18.1. The molecular formula is C57H67NO17. The lowest BCUT2D eigenvalue weighted by atomic mass is 9.93. The molecule has 0 aromatic heterocycles. The molecule has 2 amide bonds. The number of hydrogen-bond donors (Lipinski definition) is 0. The van der Waals surface area contributed by atoms with E-state index < -0.39 is 117 Å². The molecule has 18 nitrogen and oxygen atoms in total. The van der Waals surface area contributed by atoms with Crippen LogP contribution in [-0.2, 0) is 91.0 Å². The minimum absolute atomic E-state index is 0.00240. The molecule has 2 saturated heterocycles. The van der Waals surface area contributed by atoms with Gasteiger partial charge < -0.3 is 52.1 Å². The van der Waals surface area contributed by atoms with E-state index in [9.17, 15) is 31.5 Å². The van der Waals surface area contributed by atoms with Gasteiger partial charge in [0.05, 0.1) is 48.7 Å². The Hall–Kier alpha value is -6.38. The van der Waals surface area contributed by atoms with Crippen molar-refractivity contribution in [2.75, 3.05) is 26.9 Å². The fourth-order valence-electron chi connectivity index (χ4n) is 9.04. The van der Waals surface area contributed by atoms with Gasteiger partial charge in [-0.05, 0) is 41.7 Å². The maximum absolute atomic E-state index is 14.6. The number of carbonyl (C=O) groups excluding carboxylic acids is 6. The number of methoxy groups -OCH3 is 1. The van der Waals surface area contributed by atoms with Crippen molar-refractivity contribution >= 4 is 35.7 Å². The molecule has 0 aliphatic carbocycles. The largest absolute Gasteiger partial charge is 0.469 e. The predicted octanol–water partition coefficient (Wildman–Crippen LogP) is 7.22. The van der Waals surface area contributed by atoms with E-state index in [2.05, 4.69) is 0 Å². The van der Waals surface area contributed by atoms with E-state index in [-0.39, 0.29) is 30.3 Å². The van der Waals surface area contributed by atoms with Crippen LogP contribution in [0.3, 0.4) is 0 Å². The number of amides is 2. The second kappa shape index (κ2) is 28.5. The topological polar surface area (TPSA) is 207 Å². The lowest BCUT2D eigenvalue weighted by molar-refractivity contribution is -0.367. The number of carbonyl (C=O) groups is 6. The summed E-state index contributed by atoms with van der Waals surface area (Å²) < 4.78 is 96.6. The molecule has 3 aliphatic rings. The van der Waals surface area contributed by atoms with Gasteiger partial charge >= 0.3 is 23.9 Å². The Morgan fingerprint density at radius 3 is 1.59 bits per heavy atom. The van der Waals surface area contributed by atoms with E-state index >= 15 is 0 Å². The lowest BCUT2D eigenvalue weighted by Gasteiger charge is -2.50. The van der Waals surface area contributed by atoms with Crippen LogP contribution in [0.1, 0.15) is 107 Å². The summed E-state index contributed by atoms with van der Waals surface area (Å²) in [5.41, 5.74) is 1.37. The highest BCUT2D eigenvalue weighted by Gasteiger charge is 2.60. The summed E-state index contributed by atoms with van der Waals surface area (Å²) in [6.07, 6.45) is -9.39. The Labute approximate surface area is 441 Å². The first-order valence-corrected chi connectivity index (χ1v) is 25.1. The number of imide groups is 1. The third kappa shape index (κ3) is 15.8. The highest BCUT2D eigenvalue weighted by Crippen LogP contribution is 2.39. The highest BCUT2D eigenvalue weighted by atomic mass is 16.8. The van der Waals surface area contributed by atoms with Gasteiger partial charge in [0.1, 0.15) is 43.2 Å². The van der Waals surface area contributed by atoms with Crippen LogP contribution >= 0.6 is 0 Å². The standard InChI is InChI=1S/C57H67NO17/c1-37(59)68-36-46-50(71-38(2)60)51(72-39(3)61)48(58-54(63)43-28-19-20-29-44(43)55(58)64)56(73-46)75-53-52(70-34-42-26-16-11-17-27-42)49(69-33-41-24-14-10-15-25-41)45(35-66-32-40-22-12-9-13-23-40)74-57(53)67-31-21-8-6-5-7-18-30-47(62)65-4/h9-17,19-20,22-29,45-46,48-53,56-57H,5-8,18,21,30-36H2,1-4H3/t45-,46-,48-,49-,50-,51-,52+,53+,56+,57?/m1/s1/i32D,33D,34D/t32?,33?,34?,45-,46-,48-,49-,50-,51-,52+,53+,56+,57?. The molecule has 13 atom stereocenters. The van der Waals surface area contributed by atoms with Gasteiger partial charge in [0, 0.05) is 33.8 Å². The third-order valence-electron chi connectivity index (χ3n) is 12.6. The van der Waals surface area contributed by atoms with Gasteiger partial charge in [-0.25, -0.2) is 0 Å². The molecule has 0 bridgehead atoms. The van der Waals surface area contributed by atoms with Crippen LogP contribution in [0.15, 0.2) is 115 Å². The average molecular weight is 1040 g/mol. The average Bonchev–Trinajstić information content (AvgIpc) is 3.90. The highest BCUT2D eigenvalue weighted by molar-refractivity contribution is 6.21. The Morgan fingerprint density at radius 2 is 1.03 bits per heavy atom. The Balaban J connectivity index is 1.34. The van der Waals surface area contributed by atoms with Crippen LogP contribution in [-0.4, -0.2) is 129 Å². The normalized spacial score (nSPS) is 26.1. The van der Waals surface area contributed by atoms with Gasteiger partial charge in [-0.15, -0.1) is 0 Å². The maximum Gasteiger partial charge on any atom is 0.305 e. The van der Waals surface area contributed by atoms with Crippen molar-refractivity contribution in [2.45, 2.75) is 147 Å². The summed E-state index contributed by atoms with van der Waals surface area (Å²) in [5.74, 6) is -4.49. The van der Waals surface area contributed by atoms with Gasteiger partial charge in [0.25, 0.3) is 11.8 Å². The second-order valence-corrected chi connectivity index (χ2v) is 18.1. The first kappa shape index (κ1) is 52.1. The zero-order valence-corrected chi connectivity index (χ0v) is 42.4. The van der Waals surface area contributed by atoms with Crippen molar-refractivity contribution in [1.29, 1.82) is 0 Å². The SMILES string of the molecule is [2H]C(OC[C@H]1OC(OCCCCCCCCC(=O)OC)[C@@H](O[C@@H]2O[C@H](COC(C)=O)[C@@H](OC(C)=O)[C@H](OC(C)=O)[C@H]2N2C(=O)c3ccccc3C2=O)[C@@H](OC([2H])c2ccccc2)[C@@H]1OC([2H])c1ccccc1)c1ccccc1. The van der Waals surface area contributed by atoms with E-state index in [0.29, 0.717) is 42.4 Å². The van der Waals surface area contributed by atoms with Gasteiger partial charge in [-0.2, -0.15) is 0 Å². The van der Waals surface area contributed by atoms with Crippen LogP contribution in [0, 0.1) is 0 Å². The Morgan fingerprint density at radius 1 is 0.533 bits per heavy atom. The third-order valence-corrected chi connectivity index (χ3v) is 12.6. The zero-order chi connectivity index (χ0) is 55.7. The summed E-state index contributed by atoms with van der Waals surface area (Å²) >= 11 is 0. The first-order valence-electron chi connectivity index (χ1n) is 26.8. The quantitative estimate of drug-likeness (QED) is 0.0250.